The molecule has 4 nitrogen and oxygen atoms in total. The van der Waals surface area contributed by atoms with Crippen molar-refractivity contribution in [1.29, 1.82) is 0 Å². The smallest absolute Gasteiger partial charge is 0.307 e. The first-order chi connectivity index (χ1) is 7.27. The first-order valence-electron chi connectivity index (χ1n) is 5.77. The lowest BCUT2D eigenvalue weighted by Crippen LogP contribution is -2.38. The number of nitrogens with one attached hydrogen (secondary N) is 1. The number of carbonyl (C=O) groups is 2. The largest absolute Gasteiger partial charge is 0.481 e. The van der Waals surface area contributed by atoms with Crippen LogP contribution in [-0.4, -0.2) is 23.5 Å². The zero-order valence-electron chi connectivity index (χ0n) is 10.8. The fraction of sp³-hybridized carbons (Fsp3) is 0.833. The predicted molar refractivity (Wildman–Crippen MR) is 63.0 cm³/mol. The minimum atomic E-state index is -0.931. The van der Waals surface area contributed by atoms with Crippen molar-refractivity contribution in [2.45, 2.75) is 34.6 Å². The van der Waals surface area contributed by atoms with Crippen molar-refractivity contribution < 1.29 is 14.7 Å². The number of rotatable bonds is 6. The summed E-state index contributed by atoms with van der Waals surface area (Å²) in [4.78, 5) is 22.4. The Morgan fingerprint density at radius 2 is 1.56 bits per heavy atom. The van der Waals surface area contributed by atoms with Gasteiger partial charge in [-0.25, -0.2) is 0 Å². The van der Waals surface area contributed by atoms with Gasteiger partial charge in [0.1, 0.15) is 0 Å². The Morgan fingerprint density at radius 1 is 1.06 bits per heavy atom. The minimum Gasteiger partial charge on any atom is -0.481 e. The average molecular weight is 229 g/mol. The van der Waals surface area contributed by atoms with Gasteiger partial charge >= 0.3 is 5.97 Å². The summed E-state index contributed by atoms with van der Waals surface area (Å²) in [5.74, 6) is -1.34. The Labute approximate surface area is 97.4 Å². The van der Waals surface area contributed by atoms with Gasteiger partial charge in [0.05, 0.1) is 5.92 Å². The summed E-state index contributed by atoms with van der Waals surface area (Å²) in [6.45, 7) is 10.1. The summed E-state index contributed by atoms with van der Waals surface area (Å²) in [7, 11) is 0. The van der Waals surface area contributed by atoms with E-state index in [9.17, 15) is 9.59 Å². The second-order valence-corrected chi connectivity index (χ2v) is 4.88. The average Bonchev–Trinajstić information content (AvgIpc) is 2.22. The van der Waals surface area contributed by atoms with E-state index in [1.165, 1.54) is 0 Å². The molecule has 0 saturated heterocycles. The molecule has 16 heavy (non-hydrogen) atoms. The zero-order chi connectivity index (χ0) is 12.9. The minimum absolute atomic E-state index is 0.178. The van der Waals surface area contributed by atoms with Gasteiger partial charge < -0.3 is 10.4 Å². The maximum atomic E-state index is 11.6. The molecule has 0 heterocycles. The molecule has 2 N–H and O–H groups in total. The Kier molecular flexibility index (Phi) is 6.08. The molecular formula is C12H23NO3. The Morgan fingerprint density at radius 3 is 1.94 bits per heavy atom. The fourth-order valence-electron chi connectivity index (χ4n) is 1.10. The normalized spacial score (nSPS) is 16.6. The molecular weight excluding hydrogens is 206 g/mol. The molecule has 0 aromatic carbocycles. The number of aliphatic carboxylic acids is 1. The van der Waals surface area contributed by atoms with Crippen LogP contribution in [0, 0.1) is 23.7 Å². The van der Waals surface area contributed by atoms with Gasteiger partial charge in [0, 0.05) is 12.5 Å². The number of hydrogen-bond acceptors (Lipinski definition) is 2. The second-order valence-electron chi connectivity index (χ2n) is 4.88. The molecule has 1 amide bonds. The zero-order valence-corrected chi connectivity index (χ0v) is 10.8. The van der Waals surface area contributed by atoms with Gasteiger partial charge in [-0.15, -0.1) is 0 Å². The van der Waals surface area contributed by atoms with Crippen LogP contribution in [0.1, 0.15) is 34.6 Å². The summed E-state index contributed by atoms with van der Waals surface area (Å²) in [6.07, 6.45) is 0. The van der Waals surface area contributed by atoms with Gasteiger partial charge in [0.15, 0.2) is 0 Å². The van der Waals surface area contributed by atoms with Crippen molar-refractivity contribution >= 4 is 11.9 Å². The van der Waals surface area contributed by atoms with Crippen LogP contribution in [0.15, 0.2) is 0 Å². The lowest BCUT2D eigenvalue weighted by atomic mass is 9.94. The van der Waals surface area contributed by atoms with E-state index in [-0.39, 0.29) is 5.91 Å². The lowest BCUT2D eigenvalue weighted by molar-refractivity contribution is -0.146. The Bertz CT molecular complexity index is 251. The maximum Gasteiger partial charge on any atom is 0.307 e. The molecule has 94 valence electrons. The Balaban J connectivity index is 4.12. The fourth-order valence-corrected chi connectivity index (χ4v) is 1.10. The number of hydrogen-bond donors (Lipinski definition) is 2. The molecule has 0 radical (unpaired) electrons. The van der Waals surface area contributed by atoms with Gasteiger partial charge in [-0.1, -0.05) is 34.6 Å². The van der Waals surface area contributed by atoms with Crippen molar-refractivity contribution in [2.24, 2.45) is 23.7 Å². The SMILES string of the molecule is CC(C)C(C)CNC(=O)C(C)C(C)C(=O)O. The molecule has 3 unspecified atom stereocenters. The second kappa shape index (κ2) is 6.51. The van der Waals surface area contributed by atoms with Crippen LogP contribution >= 0.6 is 0 Å². The van der Waals surface area contributed by atoms with Crippen LogP contribution < -0.4 is 5.32 Å². The van der Waals surface area contributed by atoms with Crippen LogP contribution in [0.5, 0.6) is 0 Å². The number of carboxylic acid groups (broad SMARTS) is 1. The van der Waals surface area contributed by atoms with Gasteiger partial charge in [-0.3, -0.25) is 9.59 Å². The molecule has 0 fully saturated rings. The topological polar surface area (TPSA) is 66.4 Å². The van der Waals surface area contributed by atoms with Crippen LogP contribution in [0.2, 0.25) is 0 Å². The first kappa shape index (κ1) is 14.9. The van der Waals surface area contributed by atoms with E-state index in [1.54, 1.807) is 13.8 Å². The van der Waals surface area contributed by atoms with E-state index in [4.69, 9.17) is 5.11 Å². The van der Waals surface area contributed by atoms with Crippen molar-refractivity contribution in [2.75, 3.05) is 6.54 Å². The molecule has 0 spiro atoms. The van der Waals surface area contributed by atoms with E-state index in [2.05, 4.69) is 26.1 Å². The molecule has 4 heteroatoms. The van der Waals surface area contributed by atoms with Gasteiger partial charge in [0.2, 0.25) is 5.91 Å². The molecule has 0 aromatic rings. The highest BCUT2D eigenvalue weighted by Crippen LogP contribution is 2.12. The number of amides is 1. The van der Waals surface area contributed by atoms with Gasteiger partial charge in [-0.2, -0.15) is 0 Å². The van der Waals surface area contributed by atoms with Crippen molar-refractivity contribution in [3.63, 3.8) is 0 Å². The summed E-state index contributed by atoms with van der Waals surface area (Å²) in [5, 5.41) is 11.6. The van der Waals surface area contributed by atoms with Crippen LogP contribution in [0.3, 0.4) is 0 Å². The van der Waals surface area contributed by atoms with E-state index in [0.29, 0.717) is 18.4 Å². The molecule has 0 bridgehead atoms. The van der Waals surface area contributed by atoms with Crippen molar-refractivity contribution in [1.82, 2.24) is 5.32 Å². The van der Waals surface area contributed by atoms with E-state index in [0.717, 1.165) is 0 Å². The molecule has 0 aliphatic heterocycles. The summed E-state index contributed by atoms with van der Waals surface area (Å²) < 4.78 is 0. The van der Waals surface area contributed by atoms with E-state index >= 15 is 0 Å². The van der Waals surface area contributed by atoms with Crippen LogP contribution in [0.4, 0.5) is 0 Å². The molecule has 0 rings (SSSR count). The lowest BCUT2D eigenvalue weighted by Gasteiger charge is -2.19. The molecule has 0 saturated carbocycles. The van der Waals surface area contributed by atoms with E-state index < -0.39 is 17.8 Å². The Hall–Kier alpha value is -1.06. The van der Waals surface area contributed by atoms with E-state index in [1.807, 2.05) is 0 Å². The number of carboxylic acids is 1. The quantitative estimate of drug-likeness (QED) is 0.729. The van der Waals surface area contributed by atoms with Crippen molar-refractivity contribution in [3.8, 4) is 0 Å². The summed E-state index contributed by atoms with van der Waals surface area (Å²) in [5.41, 5.74) is 0. The molecule has 0 aliphatic rings. The predicted octanol–water partition coefficient (Wildman–Crippen LogP) is 1.75. The van der Waals surface area contributed by atoms with Crippen LogP contribution in [-0.2, 0) is 9.59 Å². The number of carbonyl (C=O) groups excluding carboxylic acids is 1. The highest BCUT2D eigenvalue weighted by Gasteiger charge is 2.25. The molecule has 0 aromatic heterocycles. The third kappa shape index (κ3) is 4.64. The summed E-state index contributed by atoms with van der Waals surface area (Å²) in [6, 6.07) is 0. The van der Waals surface area contributed by atoms with Gasteiger partial charge in [-0.05, 0) is 11.8 Å². The van der Waals surface area contributed by atoms with Crippen molar-refractivity contribution in [3.05, 3.63) is 0 Å². The molecule has 0 aliphatic carbocycles. The molecule has 3 atom stereocenters. The summed E-state index contributed by atoms with van der Waals surface area (Å²) >= 11 is 0. The highest BCUT2D eigenvalue weighted by atomic mass is 16.4. The van der Waals surface area contributed by atoms with Gasteiger partial charge in [0.25, 0.3) is 0 Å². The third-order valence-electron chi connectivity index (χ3n) is 3.29. The third-order valence-corrected chi connectivity index (χ3v) is 3.29. The highest BCUT2D eigenvalue weighted by molar-refractivity contribution is 5.84. The maximum absolute atomic E-state index is 11.6. The first-order valence-corrected chi connectivity index (χ1v) is 5.77. The monoisotopic (exact) mass is 229 g/mol. The van der Waals surface area contributed by atoms with Crippen LogP contribution in [0.25, 0.3) is 0 Å². The standard InChI is InChI=1S/C12H23NO3/c1-7(2)8(3)6-13-11(14)9(4)10(5)12(15)16/h7-10H,6H2,1-5H3,(H,13,14)(H,15,16).